The fourth-order valence-electron chi connectivity index (χ4n) is 4.75. The maximum Gasteiger partial charge on any atom is 0.393 e. The molecular formula is C21H21ClF3N5S. The van der Waals surface area contributed by atoms with E-state index in [9.17, 15) is 13.2 Å². The van der Waals surface area contributed by atoms with E-state index in [-0.39, 0.29) is 4.88 Å². The number of fused-ring (bicyclic) bond motifs is 2. The highest BCUT2D eigenvalue weighted by Crippen LogP contribution is 2.38. The Hall–Kier alpha value is -1.97. The number of hydrogen-bond donors (Lipinski definition) is 0. The molecule has 0 saturated carbocycles. The van der Waals surface area contributed by atoms with Crippen molar-refractivity contribution in [1.29, 1.82) is 0 Å². The van der Waals surface area contributed by atoms with Crippen LogP contribution in [0.25, 0.3) is 10.2 Å². The highest BCUT2D eigenvalue weighted by molar-refractivity contribution is 7.18. The first kappa shape index (κ1) is 20.9. The van der Waals surface area contributed by atoms with Gasteiger partial charge in [-0.3, -0.25) is 4.90 Å². The van der Waals surface area contributed by atoms with Crippen LogP contribution in [0.15, 0.2) is 30.7 Å². The summed E-state index contributed by atoms with van der Waals surface area (Å²) in [6.45, 7) is 4.59. The molecule has 5 nitrogen and oxygen atoms in total. The van der Waals surface area contributed by atoms with E-state index in [1.807, 2.05) is 18.3 Å². The number of hydrogen-bond acceptors (Lipinski definition) is 6. The SMILES string of the molecule is FC(F)(F)Cc1cc2c(N3C[C@H]4CCN(Cc5ccc(Cl)nc5)C[C@H]4C3)ncnc2s1. The third-order valence-corrected chi connectivity index (χ3v) is 7.38. The Kier molecular flexibility index (Phi) is 5.52. The van der Waals surface area contributed by atoms with Crippen molar-refractivity contribution in [3.63, 3.8) is 0 Å². The van der Waals surface area contributed by atoms with Crippen molar-refractivity contribution in [2.75, 3.05) is 31.1 Å². The lowest BCUT2D eigenvalue weighted by molar-refractivity contribution is -0.126. The summed E-state index contributed by atoms with van der Waals surface area (Å²) >= 11 is 6.98. The molecule has 2 atom stereocenters. The molecule has 0 radical (unpaired) electrons. The molecule has 164 valence electrons. The van der Waals surface area contributed by atoms with Gasteiger partial charge >= 0.3 is 6.18 Å². The zero-order valence-corrected chi connectivity index (χ0v) is 18.2. The minimum absolute atomic E-state index is 0.281. The number of halogens is 4. The van der Waals surface area contributed by atoms with E-state index in [0.29, 0.717) is 21.8 Å². The highest BCUT2D eigenvalue weighted by Gasteiger charge is 2.38. The molecule has 0 unspecified atom stereocenters. The Balaban J connectivity index is 1.30. The minimum atomic E-state index is -4.22. The molecule has 5 heterocycles. The van der Waals surface area contributed by atoms with Crippen LogP contribution >= 0.6 is 22.9 Å². The highest BCUT2D eigenvalue weighted by atomic mass is 35.5. The van der Waals surface area contributed by atoms with Crippen molar-refractivity contribution in [3.8, 4) is 0 Å². The predicted molar refractivity (Wildman–Crippen MR) is 116 cm³/mol. The van der Waals surface area contributed by atoms with Crippen molar-refractivity contribution in [1.82, 2.24) is 19.9 Å². The summed E-state index contributed by atoms with van der Waals surface area (Å²) in [6.07, 6.45) is -0.762. The molecule has 0 aromatic carbocycles. The van der Waals surface area contributed by atoms with Crippen molar-refractivity contribution in [3.05, 3.63) is 46.3 Å². The average molecular weight is 468 g/mol. The zero-order chi connectivity index (χ0) is 21.6. The molecule has 2 aliphatic heterocycles. The van der Waals surface area contributed by atoms with Gasteiger partial charge in [-0.25, -0.2) is 15.0 Å². The Morgan fingerprint density at radius 1 is 1.10 bits per heavy atom. The third-order valence-electron chi connectivity index (χ3n) is 6.11. The van der Waals surface area contributed by atoms with Gasteiger partial charge in [0, 0.05) is 37.3 Å². The van der Waals surface area contributed by atoms with E-state index in [1.54, 1.807) is 6.07 Å². The number of thiophene rings is 1. The van der Waals surface area contributed by atoms with Crippen LogP contribution in [0.2, 0.25) is 5.15 Å². The largest absolute Gasteiger partial charge is 0.393 e. The van der Waals surface area contributed by atoms with Crippen LogP contribution < -0.4 is 4.90 Å². The summed E-state index contributed by atoms with van der Waals surface area (Å²) in [5.41, 5.74) is 1.14. The van der Waals surface area contributed by atoms with Crippen molar-refractivity contribution in [2.45, 2.75) is 25.6 Å². The molecule has 10 heteroatoms. The van der Waals surface area contributed by atoms with E-state index in [0.717, 1.165) is 67.2 Å². The molecule has 2 saturated heterocycles. The first-order valence-electron chi connectivity index (χ1n) is 10.2. The Labute approximate surface area is 186 Å². The summed E-state index contributed by atoms with van der Waals surface area (Å²) < 4.78 is 38.5. The van der Waals surface area contributed by atoms with E-state index in [4.69, 9.17) is 11.6 Å². The summed E-state index contributed by atoms with van der Waals surface area (Å²) in [4.78, 5) is 18.4. The van der Waals surface area contributed by atoms with Crippen LogP contribution in [-0.4, -0.2) is 52.2 Å². The van der Waals surface area contributed by atoms with Gasteiger partial charge in [-0.2, -0.15) is 13.2 Å². The number of nitrogens with zero attached hydrogens (tertiary/aromatic N) is 5. The summed E-state index contributed by atoms with van der Waals surface area (Å²) in [6, 6.07) is 5.44. The van der Waals surface area contributed by atoms with Gasteiger partial charge in [0.1, 0.15) is 22.1 Å². The summed E-state index contributed by atoms with van der Waals surface area (Å²) in [5.74, 6) is 1.84. The van der Waals surface area contributed by atoms with Crippen LogP contribution in [0.4, 0.5) is 19.0 Å². The number of rotatable bonds is 4. The number of likely N-dealkylation sites (tertiary alicyclic amines) is 1. The van der Waals surface area contributed by atoms with Crippen molar-refractivity contribution >= 4 is 39.0 Å². The fourth-order valence-corrected chi connectivity index (χ4v) is 5.88. The average Bonchev–Trinajstić information content (AvgIpc) is 3.31. The molecule has 0 spiro atoms. The van der Waals surface area contributed by atoms with Crippen LogP contribution in [0.3, 0.4) is 0 Å². The maximum atomic E-state index is 12.8. The number of piperidine rings is 1. The Morgan fingerprint density at radius 3 is 2.71 bits per heavy atom. The van der Waals surface area contributed by atoms with E-state index < -0.39 is 12.6 Å². The van der Waals surface area contributed by atoms with Gasteiger partial charge in [0.25, 0.3) is 0 Å². The lowest BCUT2D eigenvalue weighted by Crippen LogP contribution is -2.39. The van der Waals surface area contributed by atoms with Gasteiger partial charge in [0.05, 0.1) is 11.8 Å². The second kappa shape index (κ2) is 8.18. The molecule has 2 aliphatic rings. The van der Waals surface area contributed by atoms with Crippen LogP contribution in [-0.2, 0) is 13.0 Å². The van der Waals surface area contributed by atoms with Crippen LogP contribution in [0.1, 0.15) is 16.9 Å². The zero-order valence-electron chi connectivity index (χ0n) is 16.6. The first-order chi connectivity index (χ1) is 14.8. The van der Waals surface area contributed by atoms with E-state index >= 15 is 0 Å². The van der Waals surface area contributed by atoms with Gasteiger partial charge in [-0.05, 0) is 42.5 Å². The molecule has 0 bridgehead atoms. The predicted octanol–water partition coefficient (Wildman–Crippen LogP) is 4.80. The third kappa shape index (κ3) is 4.63. The lowest BCUT2D eigenvalue weighted by atomic mass is 9.88. The van der Waals surface area contributed by atoms with Crippen LogP contribution in [0.5, 0.6) is 0 Å². The lowest BCUT2D eigenvalue weighted by Gasteiger charge is -2.34. The standard InChI is InChI=1S/C21H21ClF3N5S/c22-18-2-1-13(7-26-18)8-29-4-3-14-10-30(11-15(14)9-29)19-17-5-16(6-21(23,24)25)31-20(17)28-12-27-19/h1-2,5,7,12,14-15H,3-4,6,8-11H2/t14-,15+/m1/s1. The van der Waals surface area contributed by atoms with Crippen molar-refractivity contribution < 1.29 is 13.2 Å². The Morgan fingerprint density at radius 2 is 1.94 bits per heavy atom. The topological polar surface area (TPSA) is 45.2 Å². The monoisotopic (exact) mass is 467 g/mol. The second-order valence-electron chi connectivity index (χ2n) is 8.36. The molecule has 0 aliphatic carbocycles. The molecule has 31 heavy (non-hydrogen) atoms. The van der Waals surface area contributed by atoms with Gasteiger partial charge in [-0.1, -0.05) is 17.7 Å². The summed E-state index contributed by atoms with van der Waals surface area (Å²) in [5, 5.41) is 1.23. The second-order valence-corrected chi connectivity index (χ2v) is 9.86. The molecular weight excluding hydrogens is 447 g/mol. The number of aromatic nitrogens is 3. The number of alkyl halides is 3. The fraction of sp³-hybridized carbons (Fsp3) is 0.476. The van der Waals surface area contributed by atoms with E-state index in [2.05, 4.69) is 24.8 Å². The van der Waals surface area contributed by atoms with Gasteiger partial charge in [-0.15, -0.1) is 11.3 Å². The Bertz CT molecular complexity index is 1070. The smallest absolute Gasteiger partial charge is 0.355 e. The minimum Gasteiger partial charge on any atom is -0.355 e. The normalized spacial score (nSPS) is 22.3. The molecule has 3 aromatic heterocycles. The quantitative estimate of drug-likeness (QED) is 0.516. The van der Waals surface area contributed by atoms with Gasteiger partial charge < -0.3 is 4.90 Å². The maximum absolute atomic E-state index is 12.8. The van der Waals surface area contributed by atoms with Crippen molar-refractivity contribution in [2.24, 2.45) is 11.8 Å². The van der Waals surface area contributed by atoms with E-state index in [1.165, 1.54) is 6.33 Å². The number of anilines is 1. The molecule has 3 aromatic rings. The first-order valence-corrected chi connectivity index (χ1v) is 11.4. The molecule has 0 amide bonds. The number of pyridine rings is 1. The van der Waals surface area contributed by atoms with Gasteiger partial charge in [0.2, 0.25) is 0 Å². The molecule has 2 fully saturated rings. The molecule has 0 N–H and O–H groups in total. The molecule has 5 rings (SSSR count). The van der Waals surface area contributed by atoms with Crippen LogP contribution in [0, 0.1) is 11.8 Å². The summed E-state index contributed by atoms with van der Waals surface area (Å²) in [7, 11) is 0. The van der Waals surface area contributed by atoms with Gasteiger partial charge in [0.15, 0.2) is 0 Å².